The second-order valence-corrected chi connectivity index (χ2v) is 9.06. The molecule has 1 fully saturated rings. The summed E-state index contributed by atoms with van der Waals surface area (Å²) in [6, 6.07) is 8.65. The van der Waals surface area contributed by atoms with E-state index < -0.39 is 0 Å². The molecule has 0 aliphatic carbocycles. The molecule has 0 radical (unpaired) electrons. The Labute approximate surface area is 200 Å². The van der Waals surface area contributed by atoms with Gasteiger partial charge in [0.2, 0.25) is 0 Å². The lowest BCUT2D eigenvalue weighted by Gasteiger charge is -2.40. The van der Waals surface area contributed by atoms with Crippen molar-refractivity contribution < 1.29 is 0 Å². The third-order valence-electron chi connectivity index (χ3n) is 5.14. The molecule has 1 aliphatic rings. The van der Waals surface area contributed by atoms with Gasteiger partial charge in [-0.15, -0.1) is 35.3 Å². The predicted molar refractivity (Wildman–Crippen MR) is 135 cm³/mol. The van der Waals surface area contributed by atoms with Gasteiger partial charge in [-0.2, -0.15) is 0 Å². The van der Waals surface area contributed by atoms with Crippen molar-refractivity contribution in [3.8, 4) is 0 Å². The molecule has 3 rings (SSSR count). The van der Waals surface area contributed by atoms with Crippen LogP contribution in [0.1, 0.15) is 41.3 Å². The van der Waals surface area contributed by atoms with E-state index in [0.29, 0.717) is 18.5 Å². The number of nitrogens with zero attached hydrogens (tertiary/aromatic N) is 3. The number of likely N-dealkylation sites (tertiary alicyclic amines) is 1. The minimum absolute atomic E-state index is 0. The summed E-state index contributed by atoms with van der Waals surface area (Å²) in [5.74, 6) is 1.37. The van der Waals surface area contributed by atoms with Crippen molar-refractivity contribution in [3.63, 3.8) is 0 Å². The molecule has 1 aliphatic heterocycles. The fourth-order valence-corrected chi connectivity index (χ4v) is 4.81. The topological polar surface area (TPSA) is 52.6 Å². The fraction of sp³-hybridized carbons (Fsp3) is 0.524. The molecule has 8 heteroatoms. The van der Waals surface area contributed by atoms with Crippen LogP contribution in [-0.4, -0.2) is 42.5 Å². The summed E-state index contributed by atoms with van der Waals surface area (Å²) in [6.07, 6.45) is 4.33. The molecule has 2 aromatic rings. The zero-order valence-corrected chi connectivity index (χ0v) is 21.2. The van der Waals surface area contributed by atoms with E-state index in [1.807, 2.05) is 25.3 Å². The molecule has 29 heavy (non-hydrogen) atoms. The molecule has 1 aromatic carbocycles. The van der Waals surface area contributed by atoms with Gasteiger partial charge in [-0.1, -0.05) is 23.7 Å². The van der Waals surface area contributed by atoms with Crippen LogP contribution in [0.4, 0.5) is 0 Å². The molecule has 0 spiro atoms. The molecule has 2 atom stereocenters. The van der Waals surface area contributed by atoms with Gasteiger partial charge in [-0.25, -0.2) is 9.98 Å². The van der Waals surface area contributed by atoms with Crippen LogP contribution in [0.3, 0.4) is 0 Å². The van der Waals surface area contributed by atoms with Crippen LogP contribution in [0.5, 0.6) is 0 Å². The van der Waals surface area contributed by atoms with Crippen LogP contribution in [-0.2, 0) is 6.54 Å². The average molecular weight is 548 g/mol. The van der Waals surface area contributed by atoms with E-state index in [1.165, 1.54) is 23.3 Å². The number of piperidine rings is 1. The quantitative estimate of drug-likeness (QED) is 0.308. The summed E-state index contributed by atoms with van der Waals surface area (Å²) < 4.78 is 0. The Hall–Kier alpha value is -0.900. The molecule has 2 N–H and O–H groups in total. The maximum Gasteiger partial charge on any atom is 0.191 e. The number of thiazole rings is 1. The molecule has 0 amide bonds. The van der Waals surface area contributed by atoms with Crippen molar-refractivity contribution in [3.05, 3.63) is 50.9 Å². The number of guanidine groups is 1. The molecular weight excluding hydrogens is 517 g/mol. The van der Waals surface area contributed by atoms with Crippen LogP contribution in [0.25, 0.3) is 0 Å². The molecule has 1 aromatic heterocycles. The molecule has 1 saturated heterocycles. The molecule has 0 saturated carbocycles. The number of halogens is 2. The highest BCUT2D eigenvalue weighted by atomic mass is 127. The maximum absolute atomic E-state index is 6.26. The molecule has 2 unspecified atom stereocenters. The number of aromatic nitrogens is 1. The van der Waals surface area contributed by atoms with Gasteiger partial charge in [-0.3, -0.25) is 4.90 Å². The number of hydrogen-bond acceptors (Lipinski definition) is 4. The first kappa shape index (κ1) is 24.4. The third-order valence-corrected chi connectivity index (χ3v) is 6.27. The average Bonchev–Trinajstić information content (AvgIpc) is 3.09. The summed E-state index contributed by atoms with van der Waals surface area (Å²) in [4.78, 5) is 12.7. The van der Waals surface area contributed by atoms with Gasteiger partial charge >= 0.3 is 0 Å². The van der Waals surface area contributed by atoms with Crippen LogP contribution in [0.2, 0.25) is 5.02 Å². The third kappa shape index (κ3) is 7.08. The first-order chi connectivity index (χ1) is 13.6. The first-order valence-electron chi connectivity index (χ1n) is 9.96. The molecular formula is C21H31ClIN5S. The molecule has 160 valence electrons. The Morgan fingerprint density at radius 2 is 2.21 bits per heavy atom. The van der Waals surface area contributed by atoms with Gasteiger partial charge < -0.3 is 10.6 Å². The smallest absolute Gasteiger partial charge is 0.191 e. The van der Waals surface area contributed by atoms with Crippen molar-refractivity contribution in [2.75, 3.05) is 26.7 Å². The van der Waals surface area contributed by atoms with E-state index in [1.54, 1.807) is 11.3 Å². The van der Waals surface area contributed by atoms with Gasteiger partial charge in [0.25, 0.3) is 0 Å². The van der Waals surface area contributed by atoms with Crippen molar-refractivity contribution in [1.29, 1.82) is 0 Å². The van der Waals surface area contributed by atoms with Crippen LogP contribution in [0.15, 0.2) is 35.5 Å². The maximum atomic E-state index is 6.26. The SMILES string of the molecule is CCNC(=NCc1cnc(C)s1)NCC1CCCN(C)C1c1cccc(Cl)c1.I. The fourth-order valence-electron chi connectivity index (χ4n) is 3.90. The normalized spacial score (nSPS) is 20.2. The second-order valence-electron chi connectivity index (χ2n) is 7.30. The van der Waals surface area contributed by atoms with Crippen molar-refractivity contribution in [2.45, 2.75) is 39.3 Å². The highest BCUT2D eigenvalue weighted by molar-refractivity contribution is 14.0. The van der Waals surface area contributed by atoms with E-state index >= 15 is 0 Å². The van der Waals surface area contributed by atoms with Crippen molar-refractivity contribution in [2.24, 2.45) is 10.9 Å². The summed E-state index contributed by atoms with van der Waals surface area (Å²) in [6.45, 7) is 7.62. The Bertz CT molecular complexity index is 797. The van der Waals surface area contributed by atoms with E-state index in [-0.39, 0.29) is 24.0 Å². The van der Waals surface area contributed by atoms with Crippen LogP contribution >= 0.6 is 46.9 Å². The summed E-state index contributed by atoms with van der Waals surface area (Å²) >= 11 is 7.96. The van der Waals surface area contributed by atoms with E-state index in [9.17, 15) is 0 Å². The minimum atomic E-state index is 0. The lowest BCUT2D eigenvalue weighted by Crippen LogP contribution is -2.45. The summed E-state index contributed by atoms with van der Waals surface area (Å²) in [7, 11) is 2.21. The zero-order chi connectivity index (χ0) is 19.9. The first-order valence-corrected chi connectivity index (χ1v) is 11.2. The Morgan fingerprint density at radius 1 is 1.38 bits per heavy atom. The second kappa shape index (κ2) is 12.1. The number of benzene rings is 1. The van der Waals surface area contributed by atoms with Gasteiger partial charge in [0, 0.05) is 35.2 Å². The predicted octanol–water partition coefficient (Wildman–Crippen LogP) is 4.86. The van der Waals surface area contributed by atoms with Crippen molar-refractivity contribution in [1.82, 2.24) is 20.5 Å². The highest BCUT2D eigenvalue weighted by Crippen LogP contribution is 2.35. The minimum Gasteiger partial charge on any atom is -0.357 e. The van der Waals surface area contributed by atoms with E-state index in [4.69, 9.17) is 16.6 Å². The monoisotopic (exact) mass is 547 g/mol. The van der Waals surface area contributed by atoms with Gasteiger partial charge in [-0.05, 0) is 63.9 Å². The number of nitrogens with one attached hydrogen (secondary N) is 2. The summed E-state index contributed by atoms with van der Waals surface area (Å²) in [5.41, 5.74) is 1.29. The zero-order valence-electron chi connectivity index (χ0n) is 17.3. The lowest BCUT2D eigenvalue weighted by molar-refractivity contribution is 0.122. The molecule has 2 heterocycles. The Morgan fingerprint density at radius 3 is 2.90 bits per heavy atom. The van der Waals surface area contributed by atoms with Crippen LogP contribution < -0.4 is 10.6 Å². The summed E-state index contributed by atoms with van der Waals surface area (Å²) in [5, 5.41) is 8.81. The van der Waals surface area contributed by atoms with Crippen molar-refractivity contribution >= 4 is 52.9 Å². The van der Waals surface area contributed by atoms with E-state index in [2.05, 4.69) is 46.6 Å². The largest absolute Gasteiger partial charge is 0.357 e. The molecule has 5 nitrogen and oxygen atoms in total. The van der Waals surface area contributed by atoms with Gasteiger partial charge in [0.05, 0.1) is 11.6 Å². The highest BCUT2D eigenvalue weighted by Gasteiger charge is 2.30. The van der Waals surface area contributed by atoms with E-state index in [0.717, 1.165) is 35.6 Å². The standard InChI is InChI=1S/C21H30ClN5S.HI/c1-4-23-21(26-14-19-13-24-15(2)28-19)25-12-17-8-6-10-27(3)20(17)16-7-5-9-18(22)11-16;/h5,7,9,11,13,17,20H,4,6,8,10,12,14H2,1-3H3,(H2,23,25,26);1H. The molecule has 0 bridgehead atoms. The number of aryl methyl sites for hydroxylation is 1. The Balaban J connectivity index is 0.00000300. The number of aliphatic imine (C=N–C) groups is 1. The van der Waals surface area contributed by atoms with Crippen LogP contribution in [0, 0.1) is 12.8 Å². The number of hydrogen-bond donors (Lipinski definition) is 2. The number of rotatable bonds is 6. The van der Waals surface area contributed by atoms with Gasteiger partial charge in [0.1, 0.15) is 0 Å². The van der Waals surface area contributed by atoms with Gasteiger partial charge in [0.15, 0.2) is 5.96 Å². The Kier molecular flexibility index (Phi) is 10.1. The lowest BCUT2D eigenvalue weighted by atomic mass is 9.85.